The summed E-state index contributed by atoms with van der Waals surface area (Å²) in [4.78, 5) is 13.8. The smallest absolute Gasteiger partial charge is 0.245 e. The Balaban J connectivity index is 1.47. The summed E-state index contributed by atoms with van der Waals surface area (Å²) in [6, 6.07) is 24.8. The molecule has 3 aromatic rings. The molecule has 3 N–H and O–H groups in total. The van der Waals surface area contributed by atoms with E-state index in [4.69, 9.17) is 4.74 Å². The summed E-state index contributed by atoms with van der Waals surface area (Å²) >= 11 is 0. The van der Waals surface area contributed by atoms with E-state index in [-0.39, 0.29) is 11.9 Å². The molecule has 5 heteroatoms. The van der Waals surface area contributed by atoms with Crippen molar-refractivity contribution in [3.05, 3.63) is 78.4 Å². The fourth-order valence-corrected chi connectivity index (χ4v) is 5.07. The zero-order valence-electron chi connectivity index (χ0n) is 21.8. The Hall–Kier alpha value is -3.47. The molecule has 4 rings (SSSR count). The molecule has 5 nitrogen and oxygen atoms in total. The van der Waals surface area contributed by atoms with Crippen LogP contribution in [0.25, 0.3) is 11.1 Å². The Morgan fingerprint density at radius 3 is 2.39 bits per heavy atom. The first-order valence-electron chi connectivity index (χ1n) is 13.2. The second kappa shape index (κ2) is 12.0. The van der Waals surface area contributed by atoms with Crippen LogP contribution in [0.1, 0.15) is 51.0 Å². The number of carbonyl (C=O) groups excluding carboxylic acids is 1. The summed E-state index contributed by atoms with van der Waals surface area (Å²) in [7, 11) is 1.67. The molecule has 1 aliphatic rings. The van der Waals surface area contributed by atoms with Crippen molar-refractivity contribution in [3.63, 3.8) is 0 Å². The van der Waals surface area contributed by atoms with Gasteiger partial charge in [0.15, 0.2) is 0 Å². The lowest BCUT2D eigenvalue weighted by molar-refractivity contribution is -0.127. The fourth-order valence-electron chi connectivity index (χ4n) is 5.07. The number of hydrogen-bond acceptors (Lipinski definition) is 4. The Morgan fingerprint density at radius 2 is 1.69 bits per heavy atom. The molecular formula is C31H39N3O2. The third-order valence-electron chi connectivity index (χ3n) is 7.31. The molecule has 0 heterocycles. The van der Waals surface area contributed by atoms with Gasteiger partial charge in [-0.3, -0.25) is 4.79 Å². The van der Waals surface area contributed by atoms with Crippen molar-refractivity contribution in [3.8, 4) is 16.9 Å². The maximum Gasteiger partial charge on any atom is 0.245 e. The standard InChI is InChI=1S/C31H39N3O2/c1-4-25(22-32-26-15-17-28(36-3)18-16-26)33-30(35)31(19-8-5-9-20-31)34-27-13-10-12-24(21-27)29-14-7-6-11-23(29)2/h6-7,10-18,21,25,32,34H,4-5,8-9,19-20,22H2,1-3H3,(H,33,35)/t25-/m0/s1. The van der Waals surface area contributed by atoms with Gasteiger partial charge in [0.1, 0.15) is 11.3 Å². The maximum atomic E-state index is 13.8. The number of nitrogens with one attached hydrogen (secondary N) is 3. The van der Waals surface area contributed by atoms with Crippen molar-refractivity contribution < 1.29 is 9.53 Å². The van der Waals surface area contributed by atoms with Crippen molar-refractivity contribution >= 4 is 17.3 Å². The van der Waals surface area contributed by atoms with Crippen LogP contribution in [0.3, 0.4) is 0 Å². The van der Waals surface area contributed by atoms with E-state index in [1.54, 1.807) is 7.11 Å². The molecule has 1 atom stereocenters. The predicted molar refractivity (Wildman–Crippen MR) is 150 cm³/mol. The van der Waals surface area contributed by atoms with Crippen LogP contribution in [-0.4, -0.2) is 31.1 Å². The first kappa shape index (κ1) is 25.6. The van der Waals surface area contributed by atoms with E-state index in [1.165, 1.54) is 23.1 Å². The van der Waals surface area contributed by atoms with Crippen molar-refractivity contribution in [2.45, 2.75) is 64.0 Å². The quantitative estimate of drug-likeness (QED) is 0.296. The molecule has 0 spiro atoms. The maximum absolute atomic E-state index is 13.8. The lowest BCUT2D eigenvalue weighted by Gasteiger charge is -2.38. The molecule has 0 aliphatic heterocycles. The van der Waals surface area contributed by atoms with E-state index < -0.39 is 5.54 Å². The predicted octanol–water partition coefficient (Wildman–Crippen LogP) is 6.79. The SMILES string of the molecule is CC[C@@H](CNc1ccc(OC)cc1)NC(=O)C1(Nc2cccc(-c3ccccc3C)c2)CCCCC1. The molecule has 1 aliphatic carbocycles. The molecule has 0 unspecified atom stereocenters. The monoisotopic (exact) mass is 485 g/mol. The molecule has 1 saturated carbocycles. The van der Waals surface area contributed by atoms with Gasteiger partial charge in [-0.05, 0) is 79.3 Å². The first-order valence-corrected chi connectivity index (χ1v) is 13.2. The van der Waals surface area contributed by atoms with E-state index in [0.29, 0.717) is 6.54 Å². The zero-order valence-corrected chi connectivity index (χ0v) is 21.8. The number of aryl methyl sites for hydroxylation is 1. The number of hydrogen-bond donors (Lipinski definition) is 3. The van der Waals surface area contributed by atoms with Crippen LogP contribution in [0.2, 0.25) is 0 Å². The molecule has 190 valence electrons. The number of anilines is 2. The van der Waals surface area contributed by atoms with Crippen LogP contribution >= 0.6 is 0 Å². The van der Waals surface area contributed by atoms with E-state index >= 15 is 0 Å². The van der Waals surface area contributed by atoms with Gasteiger partial charge in [0.25, 0.3) is 0 Å². The largest absolute Gasteiger partial charge is 0.497 e. The van der Waals surface area contributed by atoms with E-state index in [0.717, 1.165) is 49.2 Å². The Bertz CT molecular complexity index is 1140. The fraction of sp³-hybridized carbons (Fsp3) is 0.387. The van der Waals surface area contributed by atoms with Gasteiger partial charge in [-0.1, -0.05) is 62.6 Å². The van der Waals surface area contributed by atoms with Crippen molar-refractivity contribution in [1.82, 2.24) is 5.32 Å². The van der Waals surface area contributed by atoms with Crippen LogP contribution in [0.4, 0.5) is 11.4 Å². The number of ether oxygens (including phenoxy) is 1. The van der Waals surface area contributed by atoms with E-state index in [1.807, 2.05) is 24.3 Å². The highest BCUT2D eigenvalue weighted by Crippen LogP contribution is 2.34. The average molecular weight is 486 g/mol. The number of carbonyl (C=O) groups is 1. The van der Waals surface area contributed by atoms with E-state index in [2.05, 4.69) is 78.3 Å². The molecule has 3 aromatic carbocycles. The van der Waals surface area contributed by atoms with Crippen LogP contribution in [0.15, 0.2) is 72.8 Å². The second-order valence-electron chi connectivity index (χ2n) is 9.85. The number of methoxy groups -OCH3 is 1. The highest BCUT2D eigenvalue weighted by molar-refractivity contribution is 5.90. The van der Waals surface area contributed by atoms with Gasteiger partial charge in [0.2, 0.25) is 5.91 Å². The van der Waals surface area contributed by atoms with Gasteiger partial charge in [0, 0.05) is 24.0 Å². The Morgan fingerprint density at radius 1 is 0.944 bits per heavy atom. The van der Waals surface area contributed by atoms with Gasteiger partial charge in [-0.15, -0.1) is 0 Å². The summed E-state index contributed by atoms with van der Waals surface area (Å²) in [5.74, 6) is 0.935. The Labute approximate surface area is 215 Å². The summed E-state index contributed by atoms with van der Waals surface area (Å²) in [5, 5.41) is 10.5. The van der Waals surface area contributed by atoms with Gasteiger partial charge in [-0.2, -0.15) is 0 Å². The normalized spacial score (nSPS) is 15.5. The molecule has 1 fully saturated rings. The highest BCUT2D eigenvalue weighted by Gasteiger charge is 2.40. The van der Waals surface area contributed by atoms with Crippen LogP contribution < -0.4 is 20.7 Å². The van der Waals surface area contributed by atoms with Crippen molar-refractivity contribution in [2.75, 3.05) is 24.3 Å². The molecule has 36 heavy (non-hydrogen) atoms. The summed E-state index contributed by atoms with van der Waals surface area (Å²) in [6.45, 7) is 4.93. The topological polar surface area (TPSA) is 62.4 Å². The third-order valence-corrected chi connectivity index (χ3v) is 7.31. The second-order valence-corrected chi connectivity index (χ2v) is 9.85. The van der Waals surface area contributed by atoms with Crippen LogP contribution in [0, 0.1) is 6.92 Å². The highest BCUT2D eigenvalue weighted by atomic mass is 16.5. The minimum atomic E-state index is -0.587. The molecule has 0 radical (unpaired) electrons. The summed E-state index contributed by atoms with van der Waals surface area (Å²) < 4.78 is 5.24. The van der Waals surface area contributed by atoms with Crippen LogP contribution in [0.5, 0.6) is 5.75 Å². The summed E-state index contributed by atoms with van der Waals surface area (Å²) in [5.41, 5.74) is 5.06. The van der Waals surface area contributed by atoms with Gasteiger partial charge >= 0.3 is 0 Å². The minimum absolute atomic E-state index is 0.0403. The van der Waals surface area contributed by atoms with Gasteiger partial charge < -0.3 is 20.7 Å². The molecule has 0 bridgehead atoms. The van der Waals surface area contributed by atoms with Crippen molar-refractivity contribution in [2.24, 2.45) is 0 Å². The zero-order chi connectivity index (χ0) is 25.4. The molecule has 1 amide bonds. The third kappa shape index (κ3) is 6.20. The Kier molecular flexibility index (Phi) is 8.52. The lowest BCUT2D eigenvalue weighted by Crippen LogP contribution is -2.56. The first-order chi connectivity index (χ1) is 17.5. The lowest BCUT2D eigenvalue weighted by atomic mass is 9.80. The molecule has 0 saturated heterocycles. The van der Waals surface area contributed by atoms with Gasteiger partial charge in [-0.25, -0.2) is 0 Å². The number of amides is 1. The van der Waals surface area contributed by atoms with Crippen molar-refractivity contribution in [1.29, 1.82) is 0 Å². The number of rotatable bonds is 10. The molecule has 0 aromatic heterocycles. The summed E-state index contributed by atoms with van der Waals surface area (Å²) in [6.07, 6.45) is 5.83. The van der Waals surface area contributed by atoms with Crippen LogP contribution in [-0.2, 0) is 4.79 Å². The minimum Gasteiger partial charge on any atom is -0.497 e. The van der Waals surface area contributed by atoms with E-state index in [9.17, 15) is 4.79 Å². The molecular weight excluding hydrogens is 446 g/mol. The number of benzene rings is 3. The van der Waals surface area contributed by atoms with Gasteiger partial charge in [0.05, 0.1) is 7.11 Å². The average Bonchev–Trinajstić information content (AvgIpc) is 2.92.